The van der Waals surface area contributed by atoms with Crippen molar-refractivity contribution in [2.24, 2.45) is 0 Å². The van der Waals surface area contributed by atoms with Crippen LogP contribution in [0.2, 0.25) is 0 Å². The molecule has 0 unspecified atom stereocenters. The molecule has 2 aromatic rings. The molecule has 2 aromatic carbocycles. The number of hydrogen-bond acceptors (Lipinski definition) is 1. The van der Waals surface area contributed by atoms with Crippen LogP contribution in [-0.4, -0.2) is 7.11 Å². The van der Waals surface area contributed by atoms with Crippen molar-refractivity contribution < 1.29 is 26.7 Å². The molecule has 0 saturated heterocycles. The van der Waals surface area contributed by atoms with Gasteiger partial charge in [-0.15, -0.1) is 0 Å². The smallest absolute Gasteiger partial charge is 0.416 e. The maximum Gasteiger partial charge on any atom is 0.416 e. The number of benzene rings is 2. The normalized spacial score (nSPS) is 11.8. The molecular formula is C15H11F5O. The van der Waals surface area contributed by atoms with Crippen LogP contribution in [0.5, 0.6) is 5.75 Å². The number of hydrogen-bond donors (Lipinski definition) is 0. The summed E-state index contributed by atoms with van der Waals surface area (Å²) in [7, 11) is 1.26. The second-order valence-electron chi connectivity index (χ2n) is 4.34. The molecule has 0 fully saturated rings. The van der Waals surface area contributed by atoms with Crippen molar-refractivity contribution in [2.75, 3.05) is 7.11 Å². The summed E-state index contributed by atoms with van der Waals surface area (Å²) in [5, 5.41) is 0. The third-order valence-electron chi connectivity index (χ3n) is 2.99. The van der Waals surface area contributed by atoms with Gasteiger partial charge in [-0.3, -0.25) is 0 Å². The van der Waals surface area contributed by atoms with Gasteiger partial charge >= 0.3 is 6.18 Å². The lowest BCUT2D eigenvalue weighted by Gasteiger charge is -2.12. The summed E-state index contributed by atoms with van der Waals surface area (Å²) < 4.78 is 68.7. The zero-order valence-electron chi connectivity index (χ0n) is 10.9. The van der Waals surface area contributed by atoms with Gasteiger partial charge in [0, 0.05) is 0 Å². The Morgan fingerprint density at radius 2 is 1.62 bits per heavy atom. The second-order valence-corrected chi connectivity index (χ2v) is 4.34. The molecule has 0 N–H and O–H groups in total. The van der Waals surface area contributed by atoms with E-state index in [9.17, 15) is 22.0 Å². The van der Waals surface area contributed by atoms with Crippen molar-refractivity contribution in [3.8, 4) is 16.9 Å². The van der Waals surface area contributed by atoms with E-state index in [0.29, 0.717) is 0 Å². The molecule has 0 heterocycles. The zero-order valence-corrected chi connectivity index (χ0v) is 10.9. The molecule has 0 spiro atoms. The maximum atomic E-state index is 12.9. The predicted octanol–water partition coefficient (Wildman–Crippen LogP) is 5.32. The number of methoxy groups -OCH3 is 1. The minimum Gasteiger partial charge on any atom is -0.496 e. The van der Waals surface area contributed by atoms with Gasteiger partial charge < -0.3 is 4.74 Å². The Bertz CT molecular complexity index is 634. The lowest BCUT2D eigenvalue weighted by Crippen LogP contribution is -2.04. The molecule has 0 amide bonds. The molecule has 0 aliphatic heterocycles. The third-order valence-corrected chi connectivity index (χ3v) is 2.99. The van der Waals surface area contributed by atoms with E-state index in [4.69, 9.17) is 4.74 Å². The first-order valence-electron chi connectivity index (χ1n) is 5.96. The summed E-state index contributed by atoms with van der Waals surface area (Å²) in [6.07, 6.45) is -7.25. The van der Waals surface area contributed by atoms with Gasteiger partial charge in [0.2, 0.25) is 0 Å². The Morgan fingerprint density at radius 3 is 2.19 bits per heavy atom. The molecule has 0 aliphatic rings. The van der Waals surface area contributed by atoms with E-state index in [2.05, 4.69) is 0 Å². The lowest BCUT2D eigenvalue weighted by molar-refractivity contribution is -0.137. The quantitative estimate of drug-likeness (QED) is 0.697. The largest absolute Gasteiger partial charge is 0.496 e. The minimum atomic E-state index is -4.48. The average molecular weight is 302 g/mol. The fourth-order valence-corrected chi connectivity index (χ4v) is 1.96. The van der Waals surface area contributed by atoms with E-state index in [1.54, 1.807) is 0 Å². The van der Waals surface area contributed by atoms with Crippen LogP contribution in [0.25, 0.3) is 11.1 Å². The van der Waals surface area contributed by atoms with Crippen molar-refractivity contribution in [2.45, 2.75) is 12.6 Å². The van der Waals surface area contributed by atoms with Gasteiger partial charge in [-0.25, -0.2) is 8.78 Å². The first-order chi connectivity index (χ1) is 9.82. The Hall–Kier alpha value is -2.11. The summed E-state index contributed by atoms with van der Waals surface area (Å²) in [5.41, 5.74) is -0.687. The second kappa shape index (κ2) is 5.71. The topological polar surface area (TPSA) is 9.23 Å². The average Bonchev–Trinajstić information content (AvgIpc) is 2.45. The fourth-order valence-electron chi connectivity index (χ4n) is 1.96. The SMILES string of the molecule is COc1ccc(-c2cccc(C(F)(F)F)c2)cc1C(F)F. The molecule has 1 nitrogen and oxygen atoms in total. The Kier molecular flexibility index (Phi) is 4.16. The van der Waals surface area contributed by atoms with E-state index in [0.717, 1.165) is 18.2 Å². The molecule has 0 aliphatic carbocycles. The number of ether oxygens (including phenoxy) is 1. The Balaban J connectivity index is 2.50. The molecule has 2 rings (SSSR count). The van der Waals surface area contributed by atoms with Crippen molar-refractivity contribution in [3.63, 3.8) is 0 Å². The van der Waals surface area contributed by atoms with Gasteiger partial charge in [0.1, 0.15) is 5.75 Å². The Labute approximate surface area is 118 Å². The van der Waals surface area contributed by atoms with Crippen molar-refractivity contribution in [1.29, 1.82) is 0 Å². The van der Waals surface area contributed by atoms with Crippen LogP contribution in [0.3, 0.4) is 0 Å². The van der Waals surface area contributed by atoms with E-state index in [-0.39, 0.29) is 22.4 Å². The van der Waals surface area contributed by atoms with E-state index in [1.165, 1.54) is 31.4 Å². The molecule has 0 saturated carbocycles. The van der Waals surface area contributed by atoms with Crippen LogP contribution < -0.4 is 4.74 Å². The highest BCUT2D eigenvalue weighted by molar-refractivity contribution is 5.66. The fraction of sp³-hybridized carbons (Fsp3) is 0.200. The molecule has 21 heavy (non-hydrogen) atoms. The van der Waals surface area contributed by atoms with Gasteiger partial charge in [-0.05, 0) is 35.4 Å². The van der Waals surface area contributed by atoms with Crippen LogP contribution in [0.4, 0.5) is 22.0 Å². The summed E-state index contributed by atoms with van der Waals surface area (Å²) in [4.78, 5) is 0. The molecule has 0 aromatic heterocycles. The van der Waals surface area contributed by atoms with Gasteiger partial charge in [-0.2, -0.15) is 13.2 Å². The summed E-state index contributed by atoms with van der Waals surface area (Å²) in [6.45, 7) is 0. The lowest BCUT2D eigenvalue weighted by atomic mass is 10.0. The highest BCUT2D eigenvalue weighted by Gasteiger charge is 2.30. The first-order valence-corrected chi connectivity index (χ1v) is 5.96. The third kappa shape index (κ3) is 3.32. The summed E-state index contributed by atoms with van der Waals surface area (Å²) in [6, 6.07) is 8.44. The van der Waals surface area contributed by atoms with Crippen LogP contribution >= 0.6 is 0 Å². The van der Waals surface area contributed by atoms with Gasteiger partial charge in [0.25, 0.3) is 6.43 Å². The van der Waals surface area contributed by atoms with E-state index in [1.807, 2.05) is 0 Å². The highest BCUT2D eigenvalue weighted by Crippen LogP contribution is 2.35. The van der Waals surface area contributed by atoms with E-state index < -0.39 is 18.2 Å². The Morgan fingerprint density at radius 1 is 0.952 bits per heavy atom. The molecule has 6 heteroatoms. The molecule has 0 bridgehead atoms. The maximum absolute atomic E-state index is 12.9. The van der Waals surface area contributed by atoms with Crippen LogP contribution in [0.1, 0.15) is 17.6 Å². The zero-order chi connectivity index (χ0) is 15.6. The molecule has 112 valence electrons. The minimum absolute atomic E-state index is 0.000672. The molecule has 0 atom stereocenters. The predicted molar refractivity (Wildman–Crippen MR) is 68.4 cm³/mol. The summed E-state index contributed by atoms with van der Waals surface area (Å²) in [5.74, 6) is 0.000672. The number of alkyl halides is 5. The van der Waals surface area contributed by atoms with Crippen molar-refractivity contribution in [3.05, 3.63) is 53.6 Å². The van der Waals surface area contributed by atoms with Gasteiger partial charge in [0.05, 0.1) is 18.2 Å². The van der Waals surface area contributed by atoms with Crippen molar-refractivity contribution in [1.82, 2.24) is 0 Å². The highest BCUT2D eigenvalue weighted by atomic mass is 19.4. The monoisotopic (exact) mass is 302 g/mol. The number of rotatable bonds is 3. The van der Waals surface area contributed by atoms with Gasteiger partial charge in [-0.1, -0.05) is 18.2 Å². The van der Waals surface area contributed by atoms with E-state index >= 15 is 0 Å². The van der Waals surface area contributed by atoms with Crippen LogP contribution in [-0.2, 0) is 6.18 Å². The standard InChI is InChI=1S/C15H11F5O/c1-21-13-6-5-10(8-12(13)14(16)17)9-3-2-4-11(7-9)15(18,19)20/h2-8,14H,1H3. The first kappa shape index (κ1) is 15.3. The summed E-state index contributed by atoms with van der Waals surface area (Å²) >= 11 is 0. The number of halogens is 5. The molecule has 0 radical (unpaired) electrons. The van der Waals surface area contributed by atoms with Crippen molar-refractivity contribution >= 4 is 0 Å². The van der Waals surface area contributed by atoms with Crippen LogP contribution in [0, 0.1) is 0 Å². The van der Waals surface area contributed by atoms with Crippen LogP contribution in [0.15, 0.2) is 42.5 Å². The molecular weight excluding hydrogens is 291 g/mol. The van der Waals surface area contributed by atoms with Gasteiger partial charge in [0.15, 0.2) is 0 Å².